The van der Waals surface area contributed by atoms with Crippen LogP contribution in [-0.2, 0) is 9.47 Å². The first kappa shape index (κ1) is 5.65. The van der Waals surface area contributed by atoms with Crippen molar-refractivity contribution in [2.24, 2.45) is 5.73 Å². The summed E-state index contributed by atoms with van der Waals surface area (Å²) in [5, 5.41) is 0. The molecule has 1 aliphatic carbocycles. The zero-order valence-electron chi connectivity index (χ0n) is 5.46. The Labute approximate surface area is 54.1 Å². The van der Waals surface area contributed by atoms with Crippen LogP contribution in [0.25, 0.3) is 0 Å². The van der Waals surface area contributed by atoms with Gasteiger partial charge in [0.25, 0.3) is 0 Å². The molecule has 2 atom stereocenters. The Morgan fingerprint density at radius 1 is 1.67 bits per heavy atom. The highest BCUT2D eigenvalue weighted by Gasteiger charge is 2.59. The molecule has 0 aromatic carbocycles. The molecular formula is C6H11NO2. The van der Waals surface area contributed by atoms with Gasteiger partial charge in [-0.1, -0.05) is 0 Å². The lowest BCUT2D eigenvalue weighted by atomic mass is 10.2. The second-order valence-electron chi connectivity index (χ2n) is 2.89. The Hall–Kier alpha value is -0.120. The van der Waals surface area contributed by atoms with E-state index in [-0.39, 0.29) is 17.9 Å². The Bertz CT molecular complexity index is 133. The fourth-order valence-electron chi connectivity index (χ4n) is 1.11. The van der Waals surface area contributed by atoms with Gasteiger partial charge in [0.2, 0.25) is 0 Å². The van der Waals surface area contributed by atoms with Crippen molar-refractivity contribution in [3.8, 4) is 0 Å². The van der Waals surface area contributed by atoms with E-state index in [2.05, 4.69) is 0 Å². The topological polar surface area (TPSA) is 47.8 Å². The van der Waals surface area contributed by atoms with E-state index in [1.54, 1.807) is 7.11 Å². The van der Waals surface area contributed by atoms with Crippen LogP contribution in [0.1, 0.15) is 12.8 Å². The van der Waals surface area contributed by atoms with Crippen LogP contribution in [0.3, 0.4) is 0 Å². The highest BCUT2D eigenvalue weighted by atomic mass is 16.8. The van der Waals surface area contributed by atoms with Crippen molar-refractivity contribution in [3.05, 3.63) is 0 Å². The molecule has 1 heterocycles. The maximum atomic E-state index is 5.81. The molecule has 1 saturated heterocycles. The minimum Gasteiger partial charge on any atom is -0.353 e. The van der Waals surface area contributed by atoms with E-state index < -0.39 is 0 Å². The highest BCUT2D eigenvalue weighted by Crippen LogP contribution is 2.46. The molecule has 3 heteroatoms. The molecule has 0 radical (unpaired) electrons. The third kappa shape index (κ3) is 0.764. The molecule has 9 heavy (non-hydrogen) atoms. The molecule has 1 saturated carbocycles. The monoisotopic (exact) mass is 129 g/mol. The maximum absolute atomic E-state index is 5.81. The summed E-state index contributed by atoms with van der Waals surface area (Å²) in [6.45, 7) is 0. The molecule has 0 bridgehead atoms. The van der Waals surface area contributed by atoms with Gasteiger partial charge in [0.15, 0.2) is 6.29 Å². The van der Waals surface area contributed by atoms with Crippen LogP contribution in [0.2, 0.25) is 0 Å². The molecule has 2 rings (SSSR count). The fraction of sp³-hybridized carbons (Fsp3) is 1.00. The first-order valence-corrected chi connectivity index (χ1v) is 3.23. The normalized spacial score (nSPS) is 44.7. The van der Waals surface area contributed by atoms with E-state index in [1.165, 1.54) is 0 Å². The molecule has 1 aliphatic heterocycles. The Kier molecular flexibility index (Phi) is 0.928. The summed E-state index contributed by atoms with van der Waals surface area (Å²) in [5.74, 6) is 0. The number of ether oxygens (including phenoxy) is 2. The lowest BCUT2D eigenvalue weighted by Crippen LogP contribution is -2.30. The van der Waals surface area contributed by atoms with Crippen molar-refractivity contribution in [1.29, 1.82) is 0 Å². The zero-order chi connectivity index (χ0) is 6.48. The Morgan fingerprint density at radius 3 is 2.67 bits per heavy atom. The van der Waals surface area contributed by atoms with Crippen LogP contribution in [0.15, 0.2) is 0 Å². The predicted molar refractivity (Wildman–Crippen MR) is 31.8 cm³/mol. The molecule has 2 fully saturated rings. The molecule has 0 amide bonds. The number of nitrogens with two attached hydrogens (primary N) is 1. The summed E-state index contributed by atoms with van der Waals surface area (Å²) in [6.07, 6.45) is 2.38. The standard InChI is InChI=1S/C6H11NO2/c1-8-5-4(9-5)6(7)2-3-6/h4-5H,2-3,7H2,1H3. The Morgan fingerprint density at radius 2 is 2.33 bits per heavy atom. The van der Waals surface area contributed by atoms with Gasteiger partial charge in [0.05, 0.1) is 0 Å². The van der Waals surface area contributed by atoms with Gasteiger partial charge in [-0.25, -0.2) is 0 Å². The summed E-state index contributed by atoms with van der Waals surface area (Å²) in [7, 11) is 1.65. The smallest absolute Gasteiger partial charge is 0.185 e. The molecule has 2 N–H and O–H groups in total. The van der Waals surface area contributed by atoms with Gasteiger partial charge < -0.3 is 15.2 Å². The lowest BCUT2D eigenvalue weighted by molar-refractivity contribution is 0.0950. The Balaban J connectivity index is 1.90. The van der Waals surface area contributed by atoms with E-state index in [1.807, 2.05) is 0 Å². The molecule has 2 unspecified atom stereocenters. The quantitative estimate of drug-likeness (QED) is 0.527. The molecule has 0 aromatic rings. The first-order valence-electron chi connectivity index (χ1n) is 3.23. The third-order valence-corrected chi connectivity index (χ3v) is 2.08. The van der Waals surface area contributed by atoms with Crippen LogP contribution in [-0.4, -0.2) is 25.0 Å². The van der Waals surface area contributed by atoms with E-state index in [9.17, 15) is 0 Å². The highest BCUT2D eigenvalue weighted by molar-refractivity contribution is 5.11. The van der Waals surface area contributed by atoms with E-state index >= 15 is 0 Å². The fourth-order valence-corrected chi connectivity index (χ4v) is 1.11. The summed E-state index contributed by atoms with van der Waals surface area (Å²) < 4.78 is 10.1. The van der Waals surface area contributed by atoms with E-state index in [0.29, 0.717) is 0 Å². The van der Waals surface area contributed by atoms with Crippen molar-refractivity contribution in [1.82, 2.24) is 0 Å². The minimum atomic E-state index is -0.0132. The second kappa shape index (κ2) is 1.48. The number of hydrogen-bond acceptors (Lipinski definition) is 3. The zero-order valence-corrected chi connectivity index (χ0v) is 5.46. The maximum Gasteiger partial charge on any atom is 0.185 e. The molecule has 2 aliphatic rings. The number of methoxy groups -OCH3 is 1. The van der Waals surface area contributed by atoms with Crippen LogP contribution >= 0.6 is 0 Å². The van der Waals surface area contributed by atoms with Crippen LogP contribution < -0.4 is 5.73 Å². The van der Waals surface area contributed by atoms with Crippen molar-refractivity contribution in [2.45, 2.75) is 30.8 Å². The molecule has 3 nitrogen and oxygen atoms in total. The predicted octanol–water partition coefficient (Wildman–Crippen LogP) is -0.151. The average molecular weight is 129 g/mol. The van der Waals surface area contributed by atoms with Crippen molar-refractivity contribution >= 4 is 0 Å². The van der Waals surface area contributed by atoms with Gasteiger partial charge >= 0.3 is 0 Å². The summed E-state index contributed by atoms with van der Waals surface area (Å²) >= 11 is 0. The van der Waals surface area contributed by atoms with Gasteiger partial charge in [0, 0.05) is 12.6 Å². The average Bonchev–Trinajstić information content (AvgIpc) is 2.60. The lowest BCUT2D eigenvalue weighted by Gasteiger charge is -1.99. The van der Waals surface area contributed by atoms with Crippen LogP contribution in [0.4, 0.5) is 0 Å². The number of hydrogen-bond donors (Lipinski definition) is 1. The number of epoxide rings is 1. The molecular weight excluding hydrogens is 118 g/mol. The minimum absolute atomic E-state index is 0.00231. The van der Waals surface area contributed by atoms with Gasteiger partial charge in [0.1, 0.15) is 6.10 Å². The summed E-state index contributed by atoms with van der Waals surface area (Å²) in [4.78, 5) is 0. The third-order valence-electron chi connectivity index (χ3n) is 2.08. The van der Waals surface area contributed by atoms with Crippen LogP contribution in [0.5, 0.6) is 0 Å². The largest absolute Gasteiger partial charge is 0.353 e. The SMILES string of the molecule is COC1OC1C1(N)CC1. The summed E-state index contributed by atoms with van der Waals surface area (Å²) in [6, 6.07) is 0. The van der Waals surface area contributed by atoms with Crippen LogP contribution in [0, 0.1) is 0 Å². The summed E-state index contributed by atoms with van der Waals surface area (Å²) in [5.41, 5.74) is 5.80. The number of rotatable bonds is 2. The van der Waals surface area contributed by atoms with E-state index in [4.69, 9.17) is 15.2 Å². The van der Waals surface area contributed by atoms with Gasteiger partial charge in [-0.15, -0.1) is 0 Å². The van der Waals surface area contributed by atoms with Gasteiger partial charge in [-0.05, 0) is 12.8 Å². The molecule has 0 spiro atoms. The van der Waals surface area contributed by atoms with Gasteiger partial charge in [-0.3, -0.25) is 0 Å². The van der Waals surface area contributed by atoms with E-state index in [0.717, 1.165) is 12.8 Å². The van der Waals surface area contributed by atoms with Crippen molar-refractivity contribution < 1.29 is 9.47 Å². The molecule has 52 valence electrons. The van der Waals surface area contributed by atoms with Crippen molar-refractivity contribution in [3.63, 3.8) is 0 Å². The molecule has 0 aromatic heterocycles. The van der Waals surface area contributed by atoms with Gasteiger partial charge in [-0.2, -0.15) is 0 Å². The second-order valence-corrected chi connectivity index (χ2v) is 2.89. The first-order chi connectivity index (χ1) is 4.26. The van der Waals surface area contributed by atoms with Crippen molar-refractivity contribution in [2.75, 3.05) is 7.11 Å².